The largest absolute Gasteiger partial charge is 0.382 e. The second-order valence-corrected chi connectivity index (χ2v) is 4.96. The van der Waals surface area contributed by atoms with Crippen LogP contribution in [0.1, 0.15) is 13.8 Å². The molecule has 1 N–H and O–H groups in total. The van der Waals surface area contributed by atoms with E-state index in [0.29, 0.717) is 18.5 Å². The minimum atomic E-state index is -0.319. The van der Waals surface area contributed by atoms with E-state index in [1.165, 1.54) is 4.68 Å². The molecule has 0 fully saturated rings. The molecule has 0 aliphatic carbocycles. The van der Waals surface area contributed by atoms with Gasteiger partial charge in [-0.1, -0.05) is 0 Å². The number of hydrogen-bond donors (Lipinski definition) is 1. The second-order valence-electron chi connectivity index (χ2n) is 4.62. The van der Waals surface area contributed by atoms with Gasteiger partial charge >= 0.3 is 0 Å². The van der Waals surface area contributed by atoms with Gasteiger partial charge in [0.05, 0.1) is 12.1 Å². The Kier molecular flexibility index (Phi) is 3.96. The fourth-order valence-corrected chi connectivity index (χ4v) is 1.74. The van der Waals surface area contributed by atoms with Crippen LogP contribution in [-0.2, 0) is 4.74 Å². The minimum Gasteiger partial charge on any atom is -0.382 e. The van der Waals surface area contributed by atoms with E-state index in [0.717, 1.165) is 0 Å². The number of halogens is 1. The highest BCUT2D eigenvalue weighted by atomic mass is 35.5. The lowest BCUT2D eigenvalue weighted by molar-refractivity contribution is 0.157. The minimum absolute atomic E-state index is 0.108. The normalized spacial score (nSPS) is 11.6. The van der Waals surface area contributed by atoms with E-state index >= 15 is 0 Å². The molecule has 0 aromatic carbocycles. The first-order valence-corrected chi connectivity index (χ1v) is 6.07. The van der Waals surface area contributed by atoms with Gasteiger partial charge in [0.1, 0.15) is 0 Å². The van der Waals surface area contributed by atoms with Crippen molar-refractivity contribution in [3.05, 3.63) is 23.7 Å². The maximum Gasteiger partial charge on any atom is 0.256 e. The molecule has 0 radical (unpaired) electrons. The Hall–Kier alpha value is -1.73. The topological polar surface area (TPSA) is 77.8 Å². The van der Waals surface area contributed by atoms with Crippen molar-refractivity contribution in [2.75, 3.05) is 19.0 Å². The van der Waals surface area contributed by atoms with E-state index < -0.39 is 0 Å². The van der Waals surface area contributed by atoms with E-state index in [4.69, 9.17) is 16.3 Å². The van der Waals surface area contributed by atoms with Crippen molar-refractivity contribution in [2.45, 2.75) is 19.4 Å². The molecule has 0 atom stereocenters. The molecule has 2 aromatic heterocycles. The van der Waals surface area contributed by atoms with Gasteiger partial charge in [-0.25, -0.2) is 4.68 Å². The number of methoxy groups -OCH3 is 1. The Balaban J connectivity index is 2.27. The molecule has 0 amide bonds. The summed E-state index contributed by atoms with van der Waals surface area (Å²) in [5.74, 6) is 0.744. The highest BCUT2D eigenvalue weighted by Crippen LogP contribution is 2.14. The van der Waals surface area contributed by atoms with Crippen molar-refractivity contribution < 1.29 is 4.74 Å². The van der Waals surface area contributed by atoms with Crippen molar-refractivity contribution in [3.63, 3.8) is 0 Å². The number of anilines is 1. The fourth-order valence-electron chi connectivity index (χ4n) is 1.58. The third-order valence-corrected chi connectivity index (χ3v) is 2.43. The van der Waals surface area contributed by atoms with Gasteiger partial charge in [0.2, 0.25) is 11.2 Å². The fraction of sp³-hybridized carbons (Fsp3) is 0.455. The summed E-state index contributed by atoms with van der Waals surface area (Å²) < 4.78 is 6.64. The van der Waals surface area contributed by atoms with Crippen LogP contribution in [-0.4, -0.2) is 44.0 Å². The van der Waals surface area contributed by atoms with E-state index in [1.807, 2.05) is 13.8 Å². The van der Waals surface area contributed by atoms with Crippen LogP contribution in [0.3, 0.4) is 0 Å². The van der Waals surface area contributed by atoms with Gasteiger partial charge in [-0.2, -0.15) is 20.1 Å². The van der Waals surface area contributed by atoms with Crippen LogP contribution < -0.4 is 5.32 Å². The van der Waals surface area contributed by atoms with E-state index in [2.05, 4.69) is 25.4 Å². The molecule has 0 saturated heterocycles. The van der Waals surface area contributed by atoms with Crippen molar-refractivity contribution in [3.8, 4) is 5.95 Å². The van der Waals surface area contributed by atoms with Gasteiger partial charge in [0.15, 0.2) is 0 Å². The van der Waals surface area contributed by atoms with Crippen LogP contribution >= 0.6 is 11.6 Å². The van der Waals surface area contributed by atoms with Gasteiger partial charge in [-0.05, 0) is 31.5 Å². The summed E-state index contributed by atoms with van der Waals surface area (Å²) in [5.41, 5.74) is -0.319. The van der Waals surface area contributed by atoms with Crippen LogP contribution in [0.15, 0.2) is 18.5 Å². The summed E-state index contributed by atoms with van der Waals surface area (Å²) in [6.45, 7) is 4.46. The molecule has 7 nitrogen and oxygen atoms in total. The molecule has 2 aromatic rings. The maximum absolute atomic E-state index is 5.90. The second kappa shape index (κ2) is 5.50. The summed E-state index contributed by atoms with van der Waals surface area (Å²) in [4.78, 5) is 12.3. The quantitative estimate of drug-likeness (QED) is 0.896. The Bertz CT molecular complexity index is 542. The maximum atomic E-state index is 5.90. The number of nitrogens with zero attached hydrogens (tertiary/aromatic N) is 5. The van der Waals surface area contributed by atoms with Crippen LogP contribution in [0, 0.1) is 0 Å². The molecule has 8 heteroatoms. The standard InChI is InChI=1S/C11H15ClN6O/c1-11(2,7-19-3)17-9-14-8(12)15-10(16-9)18-6-4-5-13-18/h4-6H,7H2,1-3H3,(H,14,15,16,17). The molecule has 102 valence electrons. The van der Waals surface area contributed by atoms with Gasteiger partial charge < -0.3 is 10.1 Å². The summed E-state index contributed by atoms with van der Waals surface area (Å²) in [6.07, 6.45) is 3.37. The number of aromatic nitrogens is 5. The van der Waals surface area contributed by atoms with Crippen LogP contribution in [0.4, 0.5) is 5.95 Å². The molecule has 0 aliphatic rings. The lowest BCUT2D eigenvalue weighted by atomic mass is 10.1. The summed E-state index contributed by atoms with van der Waals surface area (Å²) in [7, 11) is 1.64. The highest BCUT2D eigenvalue weighted by Gasteiger charge is 2.19. The van der Waals surface area contributed by atoms with Gasteiger partial charge in [-0.3, -0.25) is 0 Å². The predicted molar refractivity (Wildman–Crippen MR) is 71.5 cm³/mol. The molecule has 0 aliphatic heterocycles. The summed E-state index contributed by atoms with van der Waals surface area (Å²) in [6, 6.07) is 1.78. The third kappa shape index (κ3) is 3.62. The number of nitrogens with one attached hydrogen (secondary N) is 1. The molecule has 0 spiro atoms. The first-order valence-electron chi connectivity index (χ1n) is 5.69. The Labute approximate surface area is 116 Å². The first kappa shape index (κ1) is 13.7. The van der Waals surface area contributed by atoms with Crippen molar-refractivity contribution in [1.29, 1.82) is 0 Å². The van der Waals surface area contributed by atoms with Gasteiger partial charge in [0.25, 0.3) is 5.95 Å². The average Bonchev–Trinajstić information content (AvgIpc) is 2.80. The monoisotopic (exact) mass is 282 g/mol. The predicted octanol–water partition coefficient (Wildman–Crippen LogP) is 1.55. The zero-order valence-electron chi connectivity index (χ0n) is 11.0. The number of ether oxygens (including phenoxy) is 1. The third-order valence-electron chi connectivity index (χ3n) is 2.26. The SMILES string of the molecule is COCC(C)(C)Nc1nc(Cl)nc(-n2cccn2)n1. The average molecular weight is 283 g/mol. The molecule has 2 rings (SSSR count). The molecule has 0 bridgehead atoms. The number of hydrogen-bond acceptors (Lipinski definition) is 6. The van der Waals surface area contributed by atoms with Gasteiger partial charge in [0, 0.05) is 19.5 Å². The molecular formula is C11H15ClN6O. The lowest BCUT2D eigenvalue weighted by Crippen LogP contribution is -2.36. The van der Waals surface area contributed by atoms with Gasteiger partial charge in [-0.15, -0.1) is 0 Å². The highest BCUT2D eigenvalue weighted by molar-refractivity contribution is 6.28. The first-order chi connectivity index (χ1) is 9.00. The molecule has 0 saturated carbocycles. The Morgan fingerprint density at radius 3 is 2.79 bits per heavy atom. The van der Waals surface area contributed by atoms with Crippen molar-refractivity contribution >= 4 is 17.5 Å². The van der Waals surface area contributed by atoms with E-state index in [9.17, 15) is 0 Å². The zero-order valence-corrected chi connectivity index (χ0v) is 11.7. The molecule has 2 heterocycles. The van der Waals surface area contributed by atoms with Crippen LogP contribution in [0.5, 0.6) is 0 Å². The lowest BCUT2D eigenvalue weighted by Gasteiger charge is -2.25. The van der Waals surface area contributed by atoms with Crippen LogP contribution in [0.2, 0.25) is 5.28 Å². The van der Waals surface area contributed by atoms with E-state index in [1.54, 1.807) is 25.6 Å². The molecule has 0 unspecified atom stereocenters. The van der Waals surface area contributed by atoms with Crippen molar-refractivity contribution in [2.24, 2.45) is 0 Å². The molecule has 19 heavy (non-hydrogen) atoms. The smallest absolute Gasteiger partial charge is 0.256 e. The summed E-state index contributed by atoms with van der Waals surface area (Å²) >= 11 is 5.90. The molecular weight excluding hydrogens is 268 g/mol. The van der Waals surface area contributed by atoms with Crippen molar-refractivity contribution in [1.82, 2.24) is 24.7 Å². The Morgan fingerprint density at radius 2 is 2.16 bits per heavy atom. The van der Waals surface area contributed by atoms with Crippen LogP contribution in [0.25, 0.3) is 5.95 Å². The summed E-state index contributed by atoms with van der Waals surface area (Å²) in [5, 5.41) is 7.31. The Morgan fingerprint density at radius 1 is 1.37 bits per heavy atom. The zero-order chi connectivity index (χ0) is 13.9. The van der Waals surface area contributed by atoms with E-state index in [-0.39, 0.29) is 10.8 Å². The number of rotatable bonds is 5.